The van der Waals surface area contributed by atoms with E-state index in [9.17, 15) is 14.9 Å². The molecule has 100 valence electrons. The van der Waals surface area contributed by atoms with Crippen molar-refractivity contribution in [3.8, 4) is 0 Å². The highest BCUT2D eigenvalue weighted by atomic mass is 32.1. The predicted molar refractivity (Wildman–Crippen MR) is 68.5 cm³/mol. The molecule has 0 spiro atoms. The van der Waals surface area contributed by atoms with Crippen LogP contribution in [0.5, 0.6) is 0 Å². The van der Waals surface area contributed by atoms with Gasteiger partial charge in [0.15, 0.2) is 0 Å². The van der Waals surface area contributed by atoms with Gasteiger partial charge in [-0.1, -0.05) is 25.2 Å². The van der Waals surface area contributed by atoms with Crippen LogP contribution in [0.3, 0.4) is 0 Å². The highest BCUT2D eigenvalue weighted by Crippen LogP contribution is 2.23. The highest BCUT2D eigenvalue weighted by Gasteiger charge is 2.22. The van der Waals surface area contributed by atoms with E-state index in [0.717, 1.165) is 16.2 Å². The Morgan fingerprint density at radius 3 is 2.67 bits per heavy atom. The number of hydrogen-bond acceptors (Lipinski definition) is 6. The molecule has 1 aromatic rings. The summed E-state index contributed by atoms with van der Waals surface area (Å²) in [6.45, 7) is 4.23. The summed E-state index contributed by atoms with van der Waals surface area (Å²) in [5.74, 6) is -0.233. The maximum absolute atomic E-state index is 11.5. The van der Waals surface area contributed by atoms with Crippen molar-refractivity contribution in [2.45, 2.75) is 26.4 Å². The number of rotatable bonds is 6. The fourth-order valence-corrected chi connectivity index (χ4v) is 2.26. The summed E-state index contributed by atoms with van der Waals surface area (Å²) in [6, 6.07) is 2.74. The monoisotopic (exact) mass is 272 g/mol. The van der Waals surface area contributed by atoms with Gasteiger partial charge in [0.2, 0.25) is 0 Å². The molecule has 0 bridgehead atoms. The van der Waals surface area contributed by atoms with E-state index >= 15 is 0 Å². The van der Waals surface area contributed by atoms with Gasteiger partial charge in [-0.05, 0) is 12.0 Å². The van der Waals surface area contributed by atoms with Crippen molar-refractivity contribution < 1.29 is 14.5 Å². The largest absolute Gasteiger partial charge is 0.468 e. The van der Waals surface area contributed by atoms with Crippen LogP contribution in [-0.2, 0) is 16.1 Å². The van der Waals surface area contributed by atoms with Crippen molar-refractivity contribution in [1.29, 1.82) is 0 Å². The van der Waals surface area contributed by atoms with Crippen LogP contribution in [0.4, 0.5) is 5.00 Å². The molecule has 6 nitrogen and oxygen atoms in total. The summed E-state index contributed by atoms with van der Waals surface area (Å²) in [5, 5.41) is 13.7. The first kappa shape index (κ1) is 14.6. The van der Waals surface area contributed by atoms with Gasteiger partial charge in [0.05, 0.1) is 12.0 Å². The Labute approximate surface area is 109 Å². The lowest BCUT2D eigenvalue weighted by Gasteiger charge is -2.19. The second-order valence-electron chi connectivity index (χ2n) is 4.12. The van der Waals surface area contributed by atoms with Crippen LogP contribution in [0.25, 0.3) is 0 Å². The van der Waals surface area contributed by atoms with Crippen molar-refractivity contribution in [2.24, 2.45) is 5.92 Å². The van der Waals surface area contributed by atoms with Crippen LogP contribution in [0.2, 0.25) is 0 Å². The molecule has 0 saturated carbocycles. The maximum atomic E-state index is 11.5. The predicted octanol–water partition coefficient (Wildman–Crippen LogP) is 1.94. The van der Waals surface area contributed by atoms with Gasteiger partial charge in [0, 0.05) is 17.5 Å². The van der Waals surface area contributed by atoms with Crippen molar-refractivity contribution in [3.05, 3.63) is 27.1 Å². The van der Waals surface area contributed by atoms with E-state index in [-0.39, 0.29) is 16.9 Å². The number of methoxy groups -OCH3 is 1. The molecule has 0 aliphatic rings. The van der Waals surface area contributed by atoms with Gasteiger partial charge < -0.3 is 4.74 Å². The molecular formula is C11H16N2O4S. The van der Waals surface area contributed by atoms with Crippen molar-refractivity contribution in [3.63, 3.8) is 0 Å². The van der Waals surface area contributed by atoms with Crippen molar-refractivity contribution in [1.82, 2.24) is 5.32 Å². The minimum Gasteiger partial charge on any atom is -0.468 e. The van der Waals surface area contributed by atoms with Crippen LogP contribution >= 0.6 is 11.3 Å². The zero-order valence-electron chi connectivity index (χ0n) is 10.5. The van der Waals surface area contributed by atoms with Crippen LogP contribution in [0.1, 0.15) is 18.7 Å². The molecule has 1 atom stereocenters. The summed E-state index contributed by atoms with van der Waals surface area (Å²) in [5.41, 5.74) is 0. The summed E-state index contributed by atoms with van der Waals surface area (Å²) in [7, 11) is 1.34. The molecule has 0 saturated heterocycles. The lowest BCUT2D eigenvalue weighted by molar-refractivity contribution is -0.380. The van der Waals surface area contributed by atoms with Crippen molar-refractivity contribution in [2.75, 3.05) is 7.11 Å². The van der Waals surface area contributed by atoms with Gasteiger partial charge in [0.1, 0.15) is 6.04 Å². The topological polar surface area (TPSA) is 81.5 Å². The average Bonchev–Trinajstić information content (AvgIpc) is 2.77. The van der Waals surface area contributed by atoms with Gasteiger partial charge >= 0.3 is 11.0 Å². The minimum atomic E-state index is -0.422. The summed E-state index contributed by atoms with van der Waals surface area (Å²) < 4.78 is 4.70. The Balaban J connectivity index is 2.61. The number of nitro groups is 1. The number of ether oxygens (including phenoxy) is 1. The fraction of sp³-hybridized carbons (Fsp3) is 0.545. The molecule has 1 aromatic heterocycles. The second kappa shape index (κ2) is 6.46. The SMILES string of the molecule is COC(=O)[C@@H](NCc1ccc([N+](=O)[O-])s1)C(C)C. The Morgan fingerprint density at radius 1 is 1.56 bits per heavy atom. The first-order chi connectivity index (χ1) is 8.45. The van der Waals surface area contributed by atoms with Gasteiger partial charge in [-0.15, -0.1) is 0 Å². The molecule has 18 heavy (non-hydrogen) atoms. The van der Waals surface area contributed by atoms with E-state index < -0.39 is 11.0 Å². The Kier molecular flexibility index (Phi) is 5.24. The van der Waals surface area contributed by atoms with E-state index in [4.69, 9.17) is 4.74 Å². The Morgan fingerprint density at radius 2 is 2.22 bits per heavy atom. The first-order valence-electron chi connectivity index (χ1n) is 5.50. The third-order valence-electron chi connectivity index (χ3n) is 2.45. The zero-order valence-corrected chi connectivity index (χ0v) is 11.3. The van der Waals surface area contributed by atoms with Gasteiger partial charge in [-0.25, -0.2) is 0 Å². The Bertz CT molecular complexity index is 430. The quantitative estimate of drug-likeness (QED) is 0.486. The molecule has 0 aliphatic carbocycles. The number of hydrogen-bond donors (Lipinski definition) is 1. The van der Waals surface area contributed by atoms with E-state index in [2.05, 4.69) is 5.32 Å². The standard InChI is InChI=1S/C11H16N2O4S/c1-7(2)10(11(14)17-3)12-6-8-4-5-9(18-8)13(15)16/h4-5,7,10,12H,6H2,1-3H3/t10-/m0/s1. The van der Waals surface area contributed by atoms with Gasteiger partial charge in [0.25, 0.3) is 0 Å². The van der Waals surface area contributed by atoms with Crippen molar-refractivity contribution >= 4 is 22.3 Å². The number of carbonyl (C=O) groups excluding carboxylic acids is 1. The molecule has 0 amide bonds. The lowest BCUT2D eigenvalue weighted by atomic mass is 10.0. The lowest BCUT2D eigenvalue weighted by Crippen LogP contribution is -2.41. The molecule has 0 aliphatic heterocycles. The second-order valence-corrected chi connectivity index (χ2v) is 5.27. The number of nitrogens with zero attached hydrogens (tertiary/aromatic N) is 1. The van der Waals surface area contributed by atoms with Crippen LogP contribution < -0.4 is 5.32 Å². The van der Waals surface area contributed by atoms with E-state index in [1.165, 1.54) is 13.2 Å². The molecule has 0 fully saturated rings. The Hall–Kier alpha value is -1.47. The van der Waals surface area contributed by atoms with Crippen LogP contribution in [0, 0.1) is 16.0 Å². The smallest absolute Gasteiger partial charge is 0.324 e. The summed E-state index contributed by atoms with van der Waals surface area (Å²) >= 11 is 1.10. The number of thiophene rings is 1. The van der Waals surface area contributed by atoms with Gasteiger partial charge in [-0.2, -0.15) is 0 Å². The molecule has 1 heterocycles. The number of carbonyl (C=O) groups is 1. The maximum Gasteiger partial charge on any atom is 0.324 e. The molecule has 0 unspecified atom stereocenters. The molecule has 0 radical (unpaired) electrons. The highest BCUT2D eigenvalue weighted by molar-refractivity contribution is 7.15. The van der Waals surface area contributed by atoms with E-state index in [1.807, 2.05) is 13.8 Å². The van der Waals surface area contributed by atoms with Gasteiger partial charge in [-0.3, -0.25) is 20.2 Å². The fourth-order valence-electron chi connectivity index (χ4n) is 1.49. The summed E-state index contributed by atoms with van der Waals surface area (Å²) in [6.07, 6.45) is 0. The summed E-state index contributed by atoms with van der Waals surface area (Å²) in [4.78, 5) is 22.4. The first-order valence-corrected chi connectivity index (χ1v) is 6.31. The van der Waals surface area contributed by atoms with E-state index in [0.29, 0.717) is 6.54 Å². The van der Waals surface area contributed by atoms with E-state index in [1.54, 1.807) is 6.07 Å². The normalized spacial score (nSPS) is 12.4. The zero-order chi connectivity index (χ0) is 13.7. The van der Waals surface area contributed by atoms with Crippen LogP contribution in [0.15, 0.2) is 12.1 Å². The minimum absolute atomic E-state index is 0.0902. The molecular weight excluding hydrogens is 256 g/mol. The number of nitrogens with one attached hydrogen (secondary N) is 1. The number of esters is 1. The third-order valence-corrected chi connectivity index (χ3v) is 3.48. The third kappa shape index (κ3) is 3.78. The molecule has 7 heteroatoms. The molecule has 1 N–H and O–H groups in total. The van der Waals surface area contributed by atoms with Crippen LogP contribution in [-0.4, -0.2) is 24.0 Å². The average molecular weight is 272 g/mol. The molecule has 1 rings (SSSR count). The molecule has 0 aromatic carbocycles.